The van der Waals surface area contributed by atoms with Crippen LogP contribution in [-0.2, 0) is 9.59 Å². The molecule has 0 radical (unpaired) electrons. The van der Waals surface area contributed by atoms with Crippen molar-refractivity contribution in [2.45, 2.75) is 13.3 Å². The molecule has 6 heteroatoms. The maximum Gasteiger partial charge on any atom is 0.240 e. The summed E-state index contributed by atoms with van der Waals surface area (Å²) in [7, 11) is 3.98. The number of hydrogen-bond donors (Lipinski definition) is 1. The standard InChI is InChI=1S/C15H22BrN3O2/c1-12(20)19(14-8-5-4-7-13(14)16)11-15(21)17-9-6-10-18(2)3/h4-5,7-8H,6,9-11H2,1-3H3,(H,17,21). The molecule has 1 N–H and O–H groups in total. The molecule has 0 aliphatic heterocycles. The average molecular weight is 356 g/mol. The second-order valence-corrected chi connectivity index (χ2v) is 5.92. The monoisotopic (exact) mass is 355 g/mol. The Labute approximate surface area is 134 Å². The van der Waals surface area contributed by atoms with Gasteiger partial charge in [0.15, 0.2) is 0 Å². The third kappa shape index (κ3) is 6.27. The van der Waals surface area contributed by atoms with Crippen LogP contribution >= 0.6 is 15.9 Å². The van der Waals surface area contributed by atoms with E-state index in [1.54, 1.807) is 0 Å². The first-order valence-electron chi connectivity index (χ1n) is 6.86. The highest BCUT2D eigenvalue weighted by atomic mass is 79.9. The number of hydrogen-bond acceptors (Lipinski definition) is 3. The fourth-order valence-electron chi connectivity index (χ4n) is 1.86. The number of nitrogens with zero attached hydrogens (tertiary/aromatic N) is 2. The van der Waals surface area contributed by atoms with Crippen molar-refractivity contribution in [1.29, 1.82) is 0 Å². The van der Waals surface area contributed by atoms with E-state index in [1.807, 2.05) is 38.4 Å². The molecule has 21 heavy (non-hydrogen) atoms. The van der Waals surface area contributed by atoms with Crippen molar-refractivity contribution in [2.75, 3.05) is 38.6 Å². The Morgan fingerprint density at radius 2 is 1.90 bits per heavy atom. The number of benzene rings is 1. The van der Waals surface area contributed by atoms with Crippen LogP contribution in [0.2, 0.25) is 0 Å². The SMILES string of the molecule is CC(=O)N(CC(=O)NCCCN(C)C)c1ccccc1Br. The predicted molar refractivity (Wildman–Crippen MR) is 88.3 cm³/mol. The van der Waals surface area contributed by atoms with Crippen molar-refractivity contribution in [3.8, 4) is 0 Å². The van der Waals surface area contributed by atoms with Crippen molar-refractivity contribution in [3.05, 3.63) is 28.7 Å². The van der Waals surface area contributed by atoms with Gasteiger partial charge in [0.25, 0.3) is 0 Å². The molecule has 0 aliphatic rings. The van der Waals surface area contributed by atoms with Crippen LogP contribution < -0.4 is 10.2 Å². The summed E-state index contributed by atoms with van der Waals surface area (Å²) in [5.41, 5.74) is 0.702. The Morgan fingerprint density at radius 1 is 1.24 bits per heavy atom. The lowest BCUT2D eigenvalue weighted by atomic mass is 10.2. The van der Waals surface area contributed by atoms with Crippen molar-refractivity contribution in [1.82, 2.24) is 10.2 Å². The van der Waals surface area contributed by atoms with Crippen LogP contribution in [0.1, 0.15) is 13.3 Å². The van der Waals surface area contributed by atoms with E-state index in [1.165, 1.54) is 11.8 Å². The van der Waals surface area contributed by atoms with Gasteiger partial charge in [-0.2, -0.15) is 0 Å². The second-order valence-electron chi connectivity index (χ2n) is 5.06. The van der Waals surface area contributed by atoms with E-state index in [0.717, 1.165) is 17.4 Å². The topological polar surface area (TPSA) is 52.7 Å². The van der Waals surface area contributed by atoms with Crippen LogP contribution in [0.25, 0.3) is 0 Å². The molecule has 0 aliphatic carbocycles. The van der Waals surface area contributed by atoms with Gasteiger partial charge in [0.1, 0.15) is 6.54 Å². The Balaban J connectivity index is 2.58. The quantitative estimate of drug-likeness (QED) is 0.759. The average Bonchev–Trinajstić information content (AvgIpc) is 2.41. The van der Waals surface area contributed by atoms with E-state index in [-0.39, 0.29) is 18.4 Å². The van der Waals surface area contributed by atoms with Gasteiger partial charge in [0.2, 0.25) is 11.8 Å². The van der Waals surface area contributed by atoms with Crippen molar-refractivity contribution >= 4 is 33.4 Å². The molecule has 0 saturated carbocycles. The molecular formula is C15H22BrN3O2. The highest BCUT2D eigenvalue weighted by Gasteiger charge is 2.17. The molecule has 5 nitrogen and oxygen atoms in total. The third-order valence-corrected chi connectivity index (χ3v) is 3.60. The Morgan fingerprint density at radius 3 is 2.48 bits per heavy atom. The smallest absolute Gasteiger partial charge is 0.240 e. The van der Waals surface area contributed by atoms with Gasteiger partial charge in [-0.25, -0.2) is 0 Å². The van der Waals surface area contributed by atoms with Crippen LogP contribution in [0.4, 0.5) is 5.69 Å². The van der Waals surface area contributed by atoms with Crippen molar-refractivity contribution < 1.29 is 9.59 Å². The number of carbonyl (C=O) groups excluding carboxylic acids is 2. The molecule has 1 rings (SSSR count). The van der Waals surface area contributed by atoms with E-state index >= 15 is 0 Å². The Kier molecular flexibility index (Phi) is 7.39. The van der Waals surface area contributed by atoms with Crippen LogP contribution in [0.5, 0.6) is 0 Å². The summed E-state index contributed by atoms with van der Waals surface area (Å²) in [6.45, 7) is 3.01. The minimum atomic E-state index is -0.162. The molecule has 0 saturated heterocycles. The molecule has 0 bridgehead atoms. The van der Waals surface area contributed by atoms with Crippen LogP contribution in [0.3, 0.4) is 0 Å². The Hall–Kier alpha value is -1.40. The summed E-state index contributed by atoms with van der Waals surface area (Å²) in [5, 5.41) is 2.84. The van der Waals surface area contributed by atoms with E-state index in [9.17, 15) is 9.59 Å². The van der Waals surface area contributed by atoms with E-state index < -0.39 is 0 Å². The molecular weight excluding hydrogens is 334 g/mol. The zero-order valence-electron chi connectivity index (χ0n) is 12.7. The number of halogens is 1. The number of rotatable bonds is 7. The number of carbonyl (C=O) groups is 2. The molecule has 1 aromatic rings. The second kappa shape index (κ2) is 8.79. The van der Waals surface area contributed by atoms with Crippen LogP contribution in [-0.4, -0.2) is 50.4 Å². The number of nitrogens with one attached hydrogen (secondary N) is 1. The summed E-state index contributed by atoms with van der Waals surface area (Å²) in [5.74, 6) is -0.315. The minimum absolute atomic E-state index is 0.0277. The first-order chi connectivity index (χ1) is 9.91. The molecule has 116 valence electrons. The van der Waals surface area contributed by atoms with Gasteiger partial charge in [0.05, 0.1) is 5.69 Å². The molecule has 0 unspecified atom stereocenters. The van der Waals surface area contributed by atoms with Crippen LogP contribution in [0, 0.1) is 0 Å². The third-order valence-electron chi connectivity index (χ3n) is 2.93. The first kappa shape index (κ1) is 17.7. The minimum Gasteiger partial charge on any atom is -0.355 e. The molecule has 2 amide bonds. The lowest BCUT2D eigenvalue weighted by molar-refractivity contribution is -0.123. The summed E-state index contributed by atoms with van der Waals surface area (Å²) < 4.78 is 0.792. The van der Waals surface area contributed by atoms with Gasteiger partial charge in [-0.1, -0.05) is 12.1 Å². The molecule has 1 aromatic carbocycles. The number of amides is 2. The van der Waals surface area contributed by atoms with Crippen molar-refractivity contribution in [3.63, 3.8) is 0 Å². The van der Waals surface area contributed by atoms with Gasteiger partial charge < -0.3 is 15.1 Å². The van der Waals surface area contributed by atoms with Crippen molar-refractivity contribution in [2.24, 2.45) is 0 Å². The molecule has 0 spiro atoms. The summed E-state index contributed by atoms with van der Waals surface area (Å²) >= 11 is 3.40. The van der Waals surface area contributed by atoms with Gasteiger partial charge >= 0.3 is 0 Å². The first-order valence-corrected chi connectivity index (χ1v) is 7.65. The van der Waals surface area contributed by atoms with Gasteiger partial charge in [-0.05, 0) is 55.1 Å². The number of anilines is 1. The van der Waals surface area contributed by atoms with Crippen LogP contribution in [0.15, 0.2) is 28.7 Å². The van der Waals surface area contributed by atoms with Gasteiger partial charge in [-0.3, -0.25) is 9.59 Å². The molecule has 0 aromatic heterocycles. The summed E-state index contributed by atoms with van der Waals surface area (Å²) in [6, 6.07) is 7.36. The summed E-state index contributed by atoms with van der Waals surface area (Å²) in [6.07, 6.45) is 0.883. The van der Waals surface area contributed by atoms with Gasteiger partial charge in [-0.15, -0.1) is 0 Å². The zero-order chi connectivity index (χ0) is 15.8. The van der Waals surface area contributed by atoms with Gasteiger partial charge in [0, 0.05) is 17.9 Å². The molecule has 0 heterocycles. The summed E-state index contributed by atoms with van der Waals surface area (Å²) in [4.78, 5) is 27.3. The fraction of sp³-hybridized carbons (Fsp3) is 0.467. The zero-order valence-corrected chi connectivity index (χ0v) is 14.3. The maximum atomic E-state index is 12.0. The largest absolute Gasteiger partial charge is 0.355 e. The number of para-hydroxylation sites is 1. The highest BCUT2D eigenvalue weighted by Crippen LogP contribution is 2.25. The Bertz CT molecular complexity index is 492. The normalized spacial score (nSPS) is 10.5. The fourth-order valence-corrected chi connectivity index (χ4v) is 2.36. The lowest BCUT2D eigenvalue weighted by Gasteiger charge is -2.22. The lowest BCUT2D eigenvalue weighted by Crippen LogP contribution is -2.40. The molecule has 0 atom stereocenters. The van der Waals surface area contributed by atoms with E-state index in [0.29, 0.717) is 12.2 Å². The molecule has 0 fully saturated rings. The maximum absolute atomic E-state index is 12.0. The predicted octanol–water partition coefficient (Wildman–Crippen LogP) is 1.87. The highest BCUT2D eigenvalue weighted by molar-refractivity contribution is 9.10. The van der Waals surface area contributed by atoms with E-state index in [4.69, 9.17) is 0 Å². The van der Waals surface area contributed by atoms with E-state index in [2.05, 4.69) is 26.1 Å².